The number of hydrogen-bond acceptors (Lipinski definition) is 3. The Morgan fingerprint density at radius 2 is 2.00 bits per heavy atom. The van der Waals surface area contributed by atoms with E-state index in [2.05, 4.69) is 0 Å². The second-order valence-corrected chi connectivity index (χ2v) is 6.28. The van der Waals surface area contributed by atoms with E-state index in [1.54, 1.807) is 0 Å². The highest BCUT2D eigenvalue weighted by Gasteiger charge is 2.37. The van der Waals surface area contributed by atoms with E-state index in [1.807, 2.05) is 13.8 Å². The van der Waals surface area contributed by atoms with Gasteiger partial charge in [-0.15, -0.1) is 0 Å². The third kappa shape index (κ3) is 2.05. The molecule has 0 atom stereocenters. The second kappa shape index (κ2) is 2.30. The lowest BCUT2D eigenvalue weighted by atomic mass is 10.0. The van der Waals surface area contributed by atoms with E-state index < -0.39 is 8.64 Å². The summed E-state index contributed by atoms with van der Waals surface area (Å²) in [4.78, 5) is 0. The molecule has 0 amide bonds. The molecule has 0 aromatic carbocycles. The summed E-state index contributed by atoms with van der Waals surface area (Å²) < 4.78 is 5.56. The predicted molar refractivity (Wildman–Crippen MR) is 43.3 cm³/mol. The van der Waals surface area contributed by atoms with Gasteiger partial charge in [-0.1, -0.05) is 0 Å². The van der Waals surface area contributed by atoms with Crippen molar-refractivity contribution in [3.8, 4) is 0 Å². The average Bonchev–Trinajstić information content (AvgIpc) is 1.56. The molecule has 0 saturated carbocycles. The first-order valence-corrected chi connectivity index (χ1v) is 5.96. The van der Waals surface area contributed by atoms with Crippen LogP contribution in [0.2, 0.25) is 6.04 Å². The van der Waals surface area contributed by atoms with Gasteiger partial charge in [-0.2, -0.15) is 0 Å². The summed E-state index contributed by atoms with van der Waals surface area (Å²) in [5, 5.41) is 11.5. The van der Waals surface area contributed by atoms with Crippen LogP contribution in [0.5, 0.6) is 0 Å². The van der Waals surface area contributed by atoms with Gasteiger partial charge in [0.1, 0.15) is 0 Å². The molecule has 10 heavy (non-hydrogen) atoms. The molecule has 0 aromatic heterocycles. The molecule has 0 spiro atoms. The van der Waals surface area contributed by atoms with Gasteiger partial charge in [0.05, 0.1) is 5.60 Å². The standard InChI is InChI=1S/C6H16N2OSi/c1-6(2)4-3-5-10(7,8)9-6/h3-5,7-8H2,1-2H3. The maximum absolute atomic E-state index is 5.75. The molecule has 0 radical (unpaired) electrons. The second-order valence-electron chi connectivity index (χ2n) is 3.67. The van der Waals surface area contributed by atoms with Crippen LogP contribution < -0.4 is 10.8 Å². The Morgan fingerprint density at radius 1 is 1.40 bits per heavy atom. The van der Waals surface area contributed by atoms with Gasteiger partial charge < -0.3 is 15.2 Å². The summed E-state index contributed by atoms with van der Waals surface area (Å²) >= 11 is 0. The molecule has 0 unspecified atom stereocenters. The van der Waals surface area contributed by atoms with Crippen molar-refractivity contribution >= 4 is 8.64 Å². The highest BCUT2D eigenvalue weighted by atomic mass is 28.4. The van der Waals surface area contributed by atoms with Crippen LogP contribution in [0.1, 0.15) is 26.7 Å². The molecule has 3 nitrogen and oxygen atoms in total. The maximum atomic E-state index is 5.75. The Morgan fingerprint density at radius 3 is 2.30 bits per heavy atom. The molecule has 1 rings (SSSR count). The summed E-state index contributed by atoms with van der Waals surface area (Å²) in [6, 6.07) is 0.899. The van der Waals surface area contributed by atoms with Crippen molar-refractivity contribution in [3.05, 3.63) is 0 Å². The van der Waals surface area contributed by atoms with Crippen molar-refractivity contribution in [2.75, 3.05) is 0 Å². The van der Waals surface area contributed by atoms with Crippen LogP contribution in [0, 0.1) is 0 Å². The van der Waals surface area contributed by atoms with E-state index in [1.165, 1.54) is 0 Å². The van der Waals surface area contributed by atoms with Crippen LogP contribution >= 0.6 is 0 Å². The Labute approximate surface area is 63.0 Å². The highest BCUT2D eigenvalue weighted by Crippen LogP contribution is 2.27. The van der Waals surface area contributed by atoms with Crippen LogP contribution in [-0.2, 0) is 4.43 Å². The molecule has 0 aromatic rings. The van der Waals surface area contributed by atoms with E-state index in [0.29, 0.717) is 0 Å². The largest absolute Gasteiger partial charge is 0.387 e. The predicted octanol–water partition coefficient (Wildman–Crippen LogP) is 0.432. The van der Waals surface area contributed by atoms with E-state index in [4.69, 9.17) is 15.2 Å². The molecule has 1 saturated heterocycles. The van der Waals surface area contributed by atoms with Crippen molar-refractivity contribution in [1.82, 2.24) is 0 Å². The molecule has 1 aliphatic heterocycles. The van der Waals surface area contributed by atoms with E-state index in [-0.39, 0.29) is 5.60 Å². The summed E-state index contributed by atoms with van der Waals surface area (Å²) in [7, 11) is -2.23. The lowest BCUT2D eigenvalue weighted by molar-refractivity contribution is 0.0682. The molecule has 1 aliphatic rings. The minimum atomic E-state index is -2.23. The molecule has 4 N–H and O–H groups in total. The molecule has 60 valence electrons. The normalized spacial score (nSPS) is 30.0. The van der Waals surface area contributed by atoms with Crippen LogP contribution in [0.15, 0.2) is 0 Å². The minimum Gasteiger partial charge on any atom is -0.387 e. The van der Waals surface area contributed by atoms with E-state index in [0.717, 1.165) is 18.9 Å². The Balaban J connectivity index is 2.56. The maximum Gasteiger partial charge on any atom is 0.346 e. The van der Waals surface area contributed by atoms with Gasteiger partial charge in [0.25, 0.3) is 0 Å². The first kappa shape index (κ1) is 8.20. The van der Waals surface area contributed by atoms with Crippen molar-refractivity contribution in [2.45, 2.75) is 38.3 Å². The molecule has 0 aliphatic carbocycles. The van der Waals surface area contributed by atoms with Crippen LogP contribution in [-0.4, -0.2) is 14.2 Å². The topological polar surface area (TPSA) is 61.3 Å². The van der Waals surface area contributed by atoms with Crippen molar-refractivity contribution in [2.24, 2.45) is 10.8 Å². The van der Waals surface area contributed by atoms with Crippen molar-refractivity contribution < 1.29 is 4.43 Å². The average molecular weight is 160 g/mol. The molecule has 1 heterocycles. The first-order valence-electron chi connectivity index (χ1n) is 3.69. The Bertz CT molecular complexity index is 122. The number of nitrogens with two attached hydrogens (primary N) is 2. The molecular weight excluding hydrogens is 144 g/mol. The Kier molecular flexibility index (Phi) is 1.89. The highest BCUT2D eigenvalue weighted by molar-refractivity contribution is 6.67. The first-order chi connectivity index (χ1) is 4.41. The number of rotatable bonds is 0. The third-order valence-electron chi connectivity index (χ3n) is 1.81. The van der Waals surface area contributed by atoms with Crippen molar-refractivity contribution in [3.63, 3.8) is 0 Å². The molecule has 4 heteroatoms. The SMILES string of the molecule is CC1(C)CCC[Si](N)(N)O1. The zero-order valence-corrected chi connectivity index (χ0v) is 7.68. The van der Waals surface area contributed by atoms with Crippen LogP contribution in [0.3, 0.4) is 0 Å². The van der Waals surface area contributed by atoms with Gasteiger partial charge in [-0.3, -0.25) is 0 Å². The lowest BCUT2D eigenvalue weighted by Gasteiger charge is -2.38. The van der Waals surface area contributed by atoms with E-state index >= 15 is 0 Å². The van der Waals surface area contributed by atoms with Gasteiger partial charge in [-0.25, -0.2) is 0 Å². The van der Waals surface area contributed by atoms with Gasteiger partial charge in [-0.05, 0) is 32.7 Å². The lowest BCUT2D eigenvalue weighted by Crippen LogP contribution is -2.64. The third-order valence-corrected chi connectivity index (χ3v) is 3.88. The molecule has 1 fully saturated rings. The van der Waals surface area contributed by atoms with Gasteiger partial charge in [0.15, 0.2) is 0 Å². The zero-order chi connectivity index (χ0) is 7.83. The van der Waals surface area contributed by atoms with Crippen LogP contribution in [0.25, 0.3) is 0 Å². The van der Waals surface area contributed by atoms with Gasteiger partial charge in [0.2, 0.25) is 0 Å². The quantitative estimate of drug-likeness (QED) is 0.505. The minimum absolute atomic E-state index is 0.0754. The van der Waals surface area contributed by atoms with Crippen LogP contribution in [0.4, 0.5) is 0 Å². The van der Waals surface area contributed by atoms with Crippen molar-refractivity contribution in [1.29, 1.82) is 0 Å². The molecular formula is C6H16N2OSi. The molecule has 0 bridgehead atoms. The summed E-state index contributed by atoms with van der Waals surface area (Å²) in [5.41, 5.74) is -0.0754. The van der Waals surface area contributed by atoms with Gasteiger partial charge >= 0.3 is 8.64 Å². The fourth-order valence-corrected chi connectivity index (χ4v) is 3.37. The fraction of sp³-hybridized carbons (Fsp3) is 1.00. The Hall–Kier alpha value is 0.0969. The van der Waals surface area contributed by atoms with E-state index in [9.17, 15) is 0 Å². The zero-order valence-electron chi connectivity index (χ0n) is 6.68. The van der Waals surface area contributed by atoms with Gasteiger partial charge in [0, 0.05) is 0 Å². The number of hydrogen-bond donors (Lipinski definition) is 2. The summed E-state index contributed by atoms with van der Waals surface area (Å²) in [6.07, 6.45) is 2.20. The summed E-state index contributed by atoms with van der Waals surface area (Å²) in [5.74, 6) is 0. The monoisotopic (exact) mass is 160 g/mol. The summed E-state index contributed by atoms with van der Waals surface area (Å²) in [6.45, 7) is 4.10. The fourth-order valence-electron chi connectivity index (χ4n) is 1.41. The smallest absolute Gasteiger partial charge is 0.346 e.